The van der Waals surface area contributed by atoms with Gasteiger partial charge in [0.2, 0.25) is 0 Å². The molecule has 118 valence electrons. The van der Waals surface area contributed by atoms with Gasteiger partial charge in [0.15, 0.2) is 0 Å². The molecule has 0 bridgehead atoms. The third kappa shape index (κ3) is 4.00. The van der Waals surface area contributed by atoms with Gasteiger partial charge in [-0.05, 0) is 30.5 Å². The molecule has 22 heavy (non-hydrogen) atoms. The Morgan fingerprint density at radius 1 is 1.27 bits per heavy atom. The molecule has 0 aromatic heterocycles. The topological polar surface area (TPSA) is 67.9 Å². The standard InChI is InChI=1S/C16H20N2O4/c1-21-14-7-5-12(6-8-14)11-17-16(20)18-9-3-4-13(18)10-15(19)22-2/h5-8,10H,3-4,9,11H2,1-2H3,(H,17,20)/b13-10+. The summed E-state index contributed by atoms with van der Waals surface area (Å²) >= 11 is 0. The van der Waals surface area contributed by atoms with Crippen LogP contribution in [-0.4, -0.2) is 37.7 Å². The zero-order valence-electron chi connectivity index (χ0n) is 12.8. The van der Waals surface area contributed by atoms with Gasteiger partial charge in [0.25, 0.3) is 0 Å². The van der Waals surface area contributed by atoms with Gasteiger partial charge in [0.05, 0.1) is 14.2 Å². The van der Waals surface area contributed by atoms with Crippen LogP contribution in [0.1, 0.15) is 18.4 Å². The largest absolute Gasteiger partial charge is 0.497 e. The molecular formula is C16H20N2O4. The Balaban J connectivity index is 1.93. The van der Waals surface area contributed by atoms with E-state index >= 15 is 0 Å². The number of carbonyl (C=O) groups excluding carboxylic acids is 2. The molecule has 1 aromatic carbocycles. The number of esters is 1. The van der Waals surface area contributed by atoms with Crippen molar-refractivity contribution in [3.63, 3.8) is 0 Å². The van der Waals surface area contributed by atoms with E-state index in [1.54, 1.807) is 12.0 Å². The first kappa shape index (κ1) is 15.9. The van der Waals surface area contributed by atoms with Crippen LogP contribution in [0.3, 0.4) is 0 Å². The molecule has 0 aliphatic carbocycles. The van der Waals surface area contributed by atoms with Gasteiger partial charge in [-0.1, -0.05) is 12.1 Å². The van der Waals surface area contributed by atoms with Crippen molar-refractivity contribution in [2.24, 2.45) is 0 Å². The Bertz CT molecular complexity index is 566. The van der Waals surface area contributed by atoms with Crippen molar-refractivity contribution in [3.05, 3.63) is 41.6 Å². The minimum absolute atomic E-state index is 0.205. The second kappa shape index (κ2) is 7.49. The van der Waals surface area contributed by atoms with E-state index in [-0.39, 0.29) is 6.03 Å². The highest BCUT2D eigenvalue weighted by molar-refractivity contribution is 5.85. The number of methoxy groups -OCH3 is 2. The quantitative estimate of drug-likeness (QED) is 0.683. The summed E-state index contributed by atoms with van der Waals surface area (Å²) in [4.78, 5) is 25.1. The first-order valence-electron chi connectivity index (χ1n) is 7.11. The summed E-state index contributed by atoms with van der Waals surface area (Å²) < 4.78 is 9.70. The molecule has 0 radical (unpaired) electrons. The highest BCUT2D eigenvalue weighted by Gasteiger charge is 2.24. The highest BCUT2D eigenvalue weighted by Crippen LogP contribution is 2.21. The van der Waals surface area contributed by atoms with E-state index in [1.807, 2.05) is 24.3 Å². The molecule has 0 saturated carbocycles. The molecular weight excluding hydrogens is 284 g/mol. The highest BCUT2D eigenvalue weighted by atomic mass is 16.5. The SMILES string of the molecule is COC(=O)/C=C1\CCCN1C(=O)NCc1ccc(OC)cc1. The van der Waals surface area contributed by atoms with Crippen molar-refractivity contribution in [1.29, 1.82) is 0 Å². The van der Waals surface area contributed by atoms with Gasteiger partial charge in [0, 0.05) is 24.9 Å². The molecule has 0 atom stereocenters. The van der Waals surface area contributed by atoms with Crippen molar-refractivity contribution in [2.45, 2.75) is 19.4 Å². The lowest BCUT2D eigenvalue weighted by molar-refractivity contribution is -0.134. The maximum Gasteiger partial charge on any atom is 0.332 e. The summed E-state index contributed by atoms with van der Waals surface area (Å²) in [5.74, 6) is 0.336. The predicted molar refractivity (Wildman–Crippen MR) is 81.3 cm³/mol. The van der Waals surface area contributed by atoms with Crippen molar-refractivity contribution in [1.82, 2.24) is 10.2 Å². The summed E-state index contributed by atoms with van der Waals surface area (Å²) in [6, 6.07) is 7.28. The zero-order valence-corrected chi connectivity index (χ0v) is 12.8. The number of carbonyl (C=O) groups is 2. The van der Waals surface area contributed by atoms with Gasteiger partial charge in [-0.2, -0.15) is 0 Å². The maximum absolute atomic E-state index is 12.2. The summed E-state index contributed by atoms with van der Waals surface area (Å²) in [7, 11) is 2.93. The van der Waals surface area contributed by atoms with Crippen LogP contribution < -0.4 is 10.1 Å². The van der Waals surface area contributed by atoms with Crippen LogP contribution in [0.2, 0.25) is 0 Å². The van der Waals surface area contributed by atoms with Crippen LogP contribution in [0, 0.1) is 0 Å². The molecule has 2 amide bonds. The van der Waals surface area contributed by atoms with Crippen LogP contribution in [0.5, 0.6) is 5.75 Å². The second-order valence-electron chi connectivity index (χ2n) is 4.92. The van der Waals surface area contributed by atoms with Crippen molar-refractivity contribution < 1.29 is 19.1 Å². The molecule has 1 N–H and O–H groups in total. The number of hydrogen-bond donors (Lipinski definition) is 1. The van der Waals surface area contributed by atoms with Gasteiger partial charge in [-0.3, -0.25) is 4.90 Å². The van der Waals surface area contributed by atoms with E-state index in [0.29, 0.717) is 25.2 Å². The Kier molecular flexibility index (Phi) is 5.41. The lowest BCUT2D eigenvalue weighted by atomic mass is 10.2. The Morgan fingerprint density at radius 2 is 2.00 bits per heavy atom. The van der Waals surface area contributed by atoms with Crippen LogP contribution in [0.4, 0.5) is 4.79 Å². The number of rotatable bonds is 4. The lowest BCUT2D eigenvalue weighted by Gasteiger charge is -2.18. The molecule has 1 aliphatic heterocycles. The lowest BCUT2D eigenvalue weighted by Crippen LogP contribution is -2.36. The minimum atomic E-state index is -0.440. The molecule has 1 aromatic rings. The van der Waals surface area contributed by atoms with Crippen LogP contribution in [0.25, 0.3) is 0 Å². The smallest absolute Gasteiger partial charge is 0.332 e. The Labute approximate surface area is 129 Å². The molecule has 0 spiro atoms. The van der Waals surface area contributed by atoms with Gasteiger partial charge in [-0.15, -0.1) is 0 Å². The van der Waals surface area contributed by atoms with Gasteiger partial charge < -0.3 is 14.8 Å². The number of allylic oxidation sites excluding steroid dienone is 1. The number of benzene rings is 1. The summed E-state index contributed by atoms with van der Waals surface area (Å²) in [6.45, 7) is 1.03. The summed E-state index contributed by atoms with van der Waals surface area (Å²) in [6.07, 6.45) is 2.92. The molecule has 2 rings (SSSR count). The van der Waals surface area contributed by atoms with Gasteiger partial charge in [0.1, 0.15) is 5.75 Å². The molecule has 6 heteroatoms. The van der Waals surface area contributed by atoms with Crippen molar-refractivity contribution in [2.75, 3.05) is 20.8 Å². The van der Waals surface area contributed by atoms with E-state index in [1.165, 1.54) is 13.2 Å². The van der Waals surface area contributed by atoms with Crippen LogP contribution in [-0.2, 0) is 16.1 Å². The van der Waals surface area contributed by atoms with Crippen LogP contribution in [0.15, 0.2) is 36.0 Å². The monoisotopic (exact) mass is 304 g/mol. The average molecular weight is 304 g/mol. The third-order valence-corrected chi connectivity index (χ3v) is 3.49. The zero-order chi connectivity index (χ0) is 15.9. The van der Waals surface area contributed by atoms with Crippen molar-refractivity contribution in [3.8, 4) is 5.75 Å². The fraction of sp³-hybridized carbons (Fsp3) is 0.375. The molecule has 0 unspecified atom stereocenters. The van der Waals surface area contributed by atoms with E-state index in [4.69, 9.17) is 4.74 Å². The van der Waals surface area contributed by atoms with Gasteiger partial charge >= 0.3 is 12.0 Å². The van der Waals surface area contributed by atoms with E-state index in [2.05, 4.69) is 10.1 Å². The summed E-state index contributed by atoms with van der Waals surface area (Å²) in [5, 5.41) is 2.85. The Hall–Kier alpha value is -2.50. The number of nitrogens with one attached hydrogen (secondary N) is 1. The second-order valence-corrected chi connectivity index (χ2v) is 4.92. The number of ether oxygens (including phenoxy) is 2. The molecule has 1 saturated heterocycles. The summed E-state index contributed by atoms with van der Waals surface area (Å²) in [5.41, 5.74) is 1.67. The Morgan fingerprint density at radius 3 is 2.64 bits per heavy atom. The molecule has 6 nitrogen and oxygen atoms in total. The fourth-order valence-corrected chi connectivity index (χ4v) is 2.29. The molecule has 1 aliphatic rings. The van der Waals surface area contributed by atoms with Crippen LogP contribution >= 0.6 is 0 Å². The average Bonchev–Trinajstić information content (AvgIpc) is 3.01. The molecule has 1 heterocycles. The first-order chi connectivity index (χ1) is 10.6. The van der Waals surface area contributed by atoms with E-state index in [9.17, 15) is 9.59 Å². The fourth-order valence-electron chi connectivity index (χ4n) is 2.29. The number of nitrogens with zero attached hydrogens (tertiary/aromatic N) is 1. The number of amides is 2. The number of likely N-dealkylation sites (tertiary alicyclic amines) is 1. The first-order valence-corrected chi connectivity index (χ1v) is 7.11. The van der Waals surface area contributed by atoms with Gasteiger partial charge in [-0.25, -0.2) is 9.59 Å². The van der Waals surface area contributed by atoms with E-state index < -0.39 is 5.97 Å². The molecule has 1 fully saturated rings. The van der Waals surface area contributed by atoms with Crippen molar-refractivity contribution >= 4 is 12.0 Å². The van der Waals surface area contributed by atoms with E-state index in [0.717, 1.165) is 17.7 Å². The third-order valence-electron chi connectivity index (χ3n) is 3.49. The minimum Gasteiger partial charge on any atom is -0.497 e. The predicted octanol–water partition coefficient (Wildman–Crippen LogP) is 2.06. The number of urea groups is 1. The normalized spacial score (nSPS) is 15.7. The maximum atomic E-state index is 12.2. The number of hydrogen-bond acceptors (Lipinski definition) is 4.